The molecule has 1 aromatic heterocycles. The summed E-state index contributed by atoms with van der Waals surface area (Å²) < 4.78 is 7.17. The number of ether oxygens (including phenoxy) is 1. The minimum absolute atomic E-state index is 0.521. The van der Waals surface area contributed by atoms with Crippen molar-refractivity contribution in [2.45, 2.75) is 33.1 Å². The van der Waals surface area contributed by atoms with Gasteiger partial charge in [-0.05, 0) is 5.92 Å². The number of hydrogen-bond donors (Lipinski definition) is 0. The Balaban J connectivity index is 2.76. The molecule has 1 aromatic rings. The highest BCUT2D eigenvalue weighted by Gasteiger charge is 2.14. The highest BCUT2D eigenvalue weighted by atomic mass is 16.5. The lowest BCUT2D eigenvalue weighted by molar-refractivity contribution is 0.200. The third kappa shape index (κ3) is 3.06. The Morgan fingerprint density at radius 1 is 1.40 bits per heavy atom. The van der Waals surface area contributed by atoms with Gasteiger partial charge in [0, 0.05) is 32.7 Å². The molecule has 0 aliphatic heterocycles. The Hall–Kier alpha value is -0.830. The van der Waals surface area contributed by atoms with Gasteiger partial charge in [0.15, 0.2) is 0 Å². The Bertz CT molecular complexity index is 305. The summed E-state index contributed by atoms with van der Waals surface area (Å²) in [5.41, 5.74) is 1.19. The average molecular weight is 210 g/mol. The Morgan fingerprint density at radius 2 is 2.07 bits per heavy atom. The van der Waals surface area contributed by atoms with Gasteiger partial charge in [0.25, 0.3) is 0 Å². The molecule has 0 saturated carbocycles. The fourth-order valence-electron chi connectivity index (χ4n) is 1.52. The van der Waals surface area contributed by atoms with E-state index in [4.69, 9.17) is 4.74 Å². The Labute approximate surface area is 92.5 Å². The van der Waals surface area contributed by atoms with Crippen LogP contribution >= 0.6 is 0 Å². The van der Waals surface area contributed by atoms with E-state index < -0.39 is 0 Å². The van der Waals surface area contributed by atoms with Crippen LogP contribution in [0.25, 0.3) is 0 Å². The minimum Gasteiger partial charge on any atom is -0.384 e. The lowest BCUT2D eigenvalue weighted by Crippen LogP contribution is -2.03. The van der Waals surface area contributed by atoms with Gasteiger partial charge in [-0.25, -0.2) is 4.98 Å². The standard InChI is InChI=1S/C12H22N2O/c1-9(2)10(3)11-8-14(4)12(13-11)6-7-15-5/h8-10H,6-7H2,1-5H3/t10-/m1/s1. The van der Waals surface area contributed by atoms with Gasteiger partial charge < -0.3 is 9.30 Å². The second kappa shape index (κ2) is 5.31. The summed E-state index contributed by atoms with van der Waals surface area (Å²) in [4.78, 5) is 4.65. The number of rotatable bonds is 5. The molecule has 0 amide bonds. The zero-order valence-electron chi connectivity index (χ0n) is 10.4. The van der Waals surface area contributed by atoms with Crippen molar-refractivity contribution in [1.82, 2.24) is 9.55 Å². The van der Waals surface area contributed by atoms with E-state index in [1.807, 2.05) is 0 Å². The van der Waals surface area contributed by atoms with Crippen LogP contribution < -0.4 is 0 Å². The first-order valence-corrected chi connectivity index (χ1v) is 5.57. The maximum Gasteiger partial charge on any atom is 0.111 e. The fraction of sp³-hybridized carbons (Fsp3) is 0.750. The molecule has 15 heavy (non-hydrogen) atoms. The van der Waals surface area contributed by atoms with Crippen molar-refractivity contribution >= 4 is 0 Å². The first-order valence-electron chi connectivity index (χ1n) is 5.57. The third-order valence-electron chi connectivity index (χ3n) is 2.99. The topological polar surface area (TPSA) is 27.1 Å². The quantitative estimate of drug-likeness (QED) is 0.746. The van der Waals surface area contributed by atoms with Gasteiger partial charge in [-0.2, -0.15) is 0 Å². The molecular formula is C12H22N2O. The Kier molecular flexibility index (Phi) is 4.33. The summed E-state index contributed by atoms with van der Waals surface area (Å²) in [6.07, 6.45) is 3.02. The molecule has 0 N–H and O–H groups in total. The summed E-state index contributed by atoms with van der Waals surface area (Å²) in [5, 5.41) is 0. The van der Waals surface area contributed by atoms with Crippen LogP contribution in [0.1, 0.15) is 38.2 Å². The van der Waals surface area contributed by atoms with Gasteiger partial charge in [0.05, 0.1) is 12.3 Å². The molecule has 0 bridgehead atoms. The van der Waals surface area contributed by atoms with Gasteiger partial charge in [-0.1, -0.05) is 20.8 Å². The van der Waals surface area contributed by atoms with Crippen LogP contribution in [0.4, 0.5) is 0 Å². The van der Waals surface area contributed by atoms with Crippen LogP contribution in [-0.4, -0.2) is 23.3 Å². The van der Waals surface area contributed by atoms with Crippen molar-refractivity contribution in [2.75, 3.05) is 13.7 Å². The van der Waals surface area contributed by atoms with E-state index in [2.05, 4.69) is 43.6 Å². The van der Waals surface area contributed by atoms with E-state index >= 15 is 0 Å². The summed E-state index contributed by atoms with van der Waals surface area (Å²) in [5.74, 6) is 2.27. The number of methoxy groups -OCH3 is 1. The number of hydrogen-bond acceptors (Lipinski definition) is 2. The SMILES string of the molecule is COCCc1nc([C@H](C)C(C)C)cn1C. The lowest BCUT2D eigenvalue weighted by Gasteiger charge is -2.11. The van der Waals surface area contributed by atoms with Crippen LogP contribution in [0.3, 0.4) is 0 Å². The second-order valence-corrected chi connectivity index (χ2v) is 4.47. The summed E-state index contributed by atoms with van der Waals surface area (Å²) in [6, 6.07) is 0. The molecule has 1 atom stereocenters. The van der Waals surface area contributed by atoms with E-state index in [0.29, 0.717) is 11.8 Å². The van der Waals surface area contributed by atoms with Crippen molar-refractivity contribution in [3.63, 3.8) is 0 Å². The molecule has 0 saturated heterocycles. The van der Waals surface area contributed by atoms with Gasteiger partial charge in [0.2, 0.25) is 0 Å². The van der Waals surface area contributed by atoms with Crippen molar-refractivity contribution < 1.29 is 4.74 Å². The zero-order chi connectivity index (χ0) is 11.4. The molecule has 0 aromatic carbocycles. The summed E-state index contributed by atoms with van der Waals surface area (Å²) in [7, 11) is 3.77. The van der Waals surface area contributed by atoms with E-state index in [-0.39, 0.29) is 0 Å². The molecule has 0 spiro atoms. The molecule has 1 heterocycles. The first kappa shape index (κ1) is 12.2. The van der Waals surface area contributed by atoms with Crippen molar-refractivity contribution in [1.29, 1.82) is 0 Å². The van der Waals surface area contributed by atoms with Crippen LogP contribution in [-0.2, 0) is 18.2 Å². The average Bonchev–Trinajstić information content (AvgIpc) is 2.55. The molecule has 0 aliphatic carbocycles. The molecule has 3 nitrogen and oxygen atoms in total. The van der Waals surface area contributed by atoms with Gasteiger partial charge in [-0.3, -0.25) is 0 Å². The molecular weight excluding hydrogens is 188 g/mol. The van der Waals surface area contributed by atoms with E-state index in [1.165, 1.54) is 5.69 Å². The predicted octanol–water partition coefficient (Wildman–Crippen LogP) is 2.37. The number of aryl methyl sites for hydroxylation is 1. The molecule has 0 aliphatic rings. The fourth-order valence-corrected chi connectivity index (χ4v) is 1.52. The molecule has 0 fully saturated rings. The number of aromatic nitrogens is 2. The summed E-state index contributed by atoms with van der Waals surface area (Å²) in [6.45, 7) is 7.43. The van der Waals surface area contributed by atoms with Crippen molar-refractivity contribution in [3.05, 3.63) is 17.7 Å². The Morgan fingerprint density at radius 3 is 2.60 bits per heavy atom. The maximum absolute atomic E-state index is 5.06. The van der Waals surface area contributed by atoms with Gasteiger partial charge >= 0.3 is 0 Å². The van der Waals surface area contributed by atoms with Crippen molar-refractivity contribution in [3.8, 4) is 0 Å². The molecule has 3 heteroatoms. The first-order chi connectivity index (χ1) is 7.06. The van der Waals surface area contributed by atoms with Crippen LogP contribution in [0, 0.1) is 5.92 Å². The lowest BCUT2D eigenvalue weighted by atomic mass is 9.95. The zero-order valence-corrected chi connectivity index (χ0v) is 10.4. The minimum atomic E-state index is 0.521. The van der Waals surface area contributed by atoms with Gasteiger partial charge in [-0.15, -0.1) is 0 Å². The van der Waals surface area contributed by atoms with Crippen molar-refractivity contribution in [2.24, 2.45) is 13.0 Å². The second-order valence-electron chi connectivity index (χ2n) is 4.47. The molecule has 0 unspecified atom stereocenters. The largest absolute Gasteiger partial charge is 0.384 e. The smallest absolute Gasteiger partial charge is 0.111 e. The third-order valence-corrected chi connectivity index (χ3v) is 2.99. The number of imidazole rings is 1. The normalized spacial score (nSPS) is 13.5. The van der Waals surface area contributed by atoms with Gasteiger partial charge in [0.1, 0.15) is 5.82 Å². The predicted molar refractivity (Wildman–Crippen MR) is 62.0 cm³/mol. The number of nitrogens with zero attached hydrogens (tertiary/aromatic N) is 2. The maximum atomic E-state index is 5.06. The molecule has 86 valence electrons. The van der Waals surface area contributed by atoms with Crippen LogP contribution in [0.5, 0.6) is 0 Å². The highest BCUT2D eigenvalue weighted by molar-refractivity contribution is 5.09. The molecule has 1 rings (SSSR count). The van der Waals surface area contributed by atoms with E-state index in [0.717, 1.165) is 18.9 Å². The van der Waals surface area contributed by atoms with Crippen LogP contribution in [0.2, 0.25) is 0 Å². The monoisotopic (exact) mass is 210 g/mol. The van der Waals surface area contributed by atoms with E-state index in [9.17, 15) is 0 Å². The molecule has 0 radical (unpaired) electrons. The van der Waals surface area contributed by atoms with Crippen LogP contribution in [0.15, 0.2) is 6.20 Å². The summed E-state index contributed by atoms with van der Waals surface area (Å²) >= 11 is 0. The highest BCUT2D eigenvalue weighted by Crippen LogP contribution is 2.22. The van der Waals surface area contributed by atoms with E-state index in [1.54, 1.807) is 7.11 Å².